The average molecular weight is 344 g/mol. The van der Waals surface area contributed by atoms with Gasteiger partial charge in [-0.25, -0.2) is 22.5 Å². The molecule has 0 saturated carbocycles. The van der Waals surface area contributed by atoms with Crippen molar-refractivity contribution in [3.8, 4) is 10.6 Å². The third kappa shape index (κ3) is 2.33. The van der Waals surface area contributed by atoms with Crippen LogP contribution in [-0.4, -0.2) is 10.9 Å². The van der Waals surface area contributed by atoms with Gasteiger partial charge in [0.05, 0.1) is 21.3 Å². The Labute approximate surface area is 129 Å². The van der Waals surface area contributed by atoms with E-state index in [0.717, 1.165) is 11.3 Å². The Morgan fingerprint density at radius 3 is 2.30 bits per heavy atom. The maximum Gasteiger partial charge on any atom is 0.282 e. The summed E-state index contributed by atoms with van der Waals surface area (Å²) in [6.07, 6.45) is 0. The largest absolute Gasteiger partial charge is 0.282 e. The summed E-state index contributed by atoms with van der Waals surface area (Å²) >= 11 is 0.821. The molecule has 9 heteroatoms. The summed E-state index contributed by atoms with van der Waals surface area (Å²) in [6.45, 7) is 0. The molecule has 0 atom stereocenters. The Hall–Kier alpha value is -2.55. The van der Waals surface area contributed by atoms with Gasteiger partial charge in [-0.3, -0.25) is 4.79 Å². The van der Waals surface area contributed by atoms with Crippen molar-refractivity contribution in [1.82, 2.24) is 10.5 Å². The van der Waals surface area contributed by atoms with Crippen LogP contribution < -0.4 is 5.54 Å². The van der Waals surface area contributed by atoms with Crippen LogP contribution in [0.4, 0.5) is 22.0 Å². The number of halogens is 5. The molecule has 3 nitrogen and oxygen atoms in total. The standard InChI is InChI=1S/C14H5F5N2OS/c15-9-7(13(22)21-19)8(10(16)12(18)11(9)17)14-20-5-3-1-2-4-6(5)23-14/h1-4H,(H,21,22). The number of para-hydroxylation sites is 1. The van der Waals surface area contributed by atoms with Crippen molar-refractivity contribution in [1.29, 1.82) is 0 Å². The van der Waals surface area contributed by atoms with Gasteiger partial charge in [0, 0.05) is 0 Å². The first-order valence-corrected chi connectivity index (χ1v) is 6.90. The molecule has 0 bridgehead atoms. The van der Waals surface area contributed by atoms with Crippen LogP contribution in [-0.2, 0) is 0 Å². The molecule has 0 fully saturated rings. The monoisotopic (exact) mass is 344 g/mol. The number of benzene rings is 2. The number of nitrogens with one attached hydrogen (secondary N) is 1. The lowest BCUT2D eigenvalue weighted by molar-refractivity contribution is 0.0854. The predicted molar refractivity (Wildman–Crippen MR) is 73.5 cm³/mol. The zero-order valence-electron chi connectivity index (χ0n) is 11.0. The number of rotatable bonds is 2. The summed E-state index contributed by atoms with van der Waals surface area (Å²) in [5.41, 5.74) is -1.26. The van der Waals surface area contributed by atoms with Crippen LogP contribution >= 0.6 is 11.3 Å². The second-order valence-electron chi connectivity index (χ2n) is 4.42. The number of nitrogens with zero attached hydrogens (tertiary/aromatic N) is 1. The fraction of sp³-hybridized carbons (Fsp3) is 0. The Bertz CT molecular complexity index is 908. The van der Waals surface area contributed by atoms with E-state index in [1.807, 2.05) is 0 Å². The van der Waals surface area contributed by atoms with Crippen LogP contribution in [0.15, 0.2) is 24.3 Å². The van der Waals surface area contributed by atoms with Gasteiger partial charge in [-0.05, 0) is 12.1 Å². The molecule has 1 heterocycles. The molecule has 0 spiro atoms. The van der Waals surface area contributed by atoms with E-state index in [-0.39, 0.29) is 5.01 Å². The summed E-state index contributed by atoms with van der Waals surface area (Å²) in [4.78, 5) is 15.4. The molecule has 118 valence electrons. The molecule has 0 aliphatic rings. The van der Waals surface area contributed by atoms with E-state index in [4.69, 9.17) is 0 Å². The molecule has 0 aliphatic heterocycles. The van der Waals surface area contributed by atoms with Gasteiger partial charge in [-0.15, -0.1) is 11.3 Å². The first kappa shape index (κ1) is 15.3. The fourth-order valence-electron chi connectivity index (χ4n) is 2.07. The number of carbonyl (C=O) groups is 1. The Morgan fingerprint density at radius 1 is 1.00 bits per heavy atom. The Balaban J connectivity index is 2.39. The molecule has 0 saturated heterocycles. The zero-order valence-corrected chi connectivity index (χ0v) is 11.8. The van der Waals surface area contributed by atoms with Gasteiger partial charge >= 0.3 is 0 Å². The van der Waals surface area contributed by atoms with Gasteiger partial charge < -0.3 is 0 Å². The molecule has 0 aliphatic carbocycles. The molecule has 23 heavy (non-hydrogen) atoms. The second kappa shape index (κ2) is 5.58. The van der Waals surface area contributed by atoms with Crippen LogP contribution in [0.2, 0.25) is 0 Å². The highest BCUT2D eigenvalue weighted by Gasteiger charge is 2.31. The van der Waals surface area contributed by atoms with E-state index in [0.29, 0.717) is 15.8 Å². The minimum Gasteiger partial charge on any atom is -0.267 e. The first-order chi connectivity index (χ1) is 11.0. The quantitative estimate of drug-likeness (QED) is 0.329. The van der Waals surface area contributed by atoms with Gasteiger partial charge in [0.25, 0.3) is 5.91 Å². The van der Waals surface area contributed by atoms with Crippen molar-refractivity contribution in [3.05, 3.63) is 53.1 Å². The lowest BCUT2D eigenvalue weighted by Gasteiger charge is -2.09. The van der Waals surface area contributed by atoms with Crippen molar-refractivity contribution in [2.75, 3.05) is 0 Å². The molecule has 0 unspecified atom stereocenters. The SMILES string of the molecule is O=C(NF)c1c(F)c(F)c(F)c(F)c1-c1nc2ccccc2s1. The number of carbonyl (C=O) groups excluding carboxylic acids is 1. The molecule has 0 radical (unpaired) electrons. The second-order valence-corrected chi connectivity index (χ2v) is 5.45. The molecule has 1 aromatic heterocycles. The van der Waals surface area contributed by atoms with Gasteiger partial charge in [0.1, 0.15) is 5.01 Å². The number of amides is 1. The predicted octanol–water partition coefficient (Wildman–Crippen LogP) is 4.13. The van der Waals surface area contributed by atoms with Crippen LogP contribution in [0.1, 0.15) is 10.4 Å². The summed E-state index contributed by atoms with van der Waals surface area (Å²) in [5, 5.41) is -0.278. The Kier molecular flexibility index (Phi) is 3.72. The summed E-state index contributed by atoms with van der Waals surface area (Å²) < 4.78 is 67.7. The number of aromatic nitrogens is 1. The molecular weight excluding hydrogens is 339 g/mol. The van der Waals surface area contributed by atoms with E-state index in [1.165, 1.54) is 0 Å². The molecule has 1 amide bonds. The number of hydrogen-bond acceptors (Lipinski definition) is 3. The molecular formula is C14H5F5N2OS. The first-order valence-electron chi connectivity index (χ1n) is 6.08. The van der Waals surface area contributed by atoms with Crippen LogP contribution in [0.3, 0.4) is 0 Å². The van der Waals surface area contributed by atoms with E-state index >= 15 is 0 Å². The minimum atomic E-state index is -2.20. The van der Waals surface area contributed by atoms with Gasteiger partial charge in [-0.1, -0.05) is 16.6 Å². The number of thiazole rings is 1. The number of fused-ring (bicyclic) bond motifs is 1. The van der Waals surface area contributed by atoms with Gasteiger partial charge in [-0.2, -0.15) is 5.54 Å². The summed E-state index contributed by atoms with van der Waals surface area (Å²) in [6, 6.07) is 6.45. The van der Waals surface area contributed by atoms with Crippen molar-refractivity contribution in [2.45, 2.75) is 0 Å². The smallest absolute Gasteiger partial charge is 0.267 e. The van der Waals surface area contributed by atoms with Gasteiger partial charge in [0.2, 0.25) is 0 Å². The lowest BCUT2D eigenvalue weighted by atomic mass is 10.0. The van der Waals surface area contributed by atoms with Crippen LogP contribution in [0.5, 0.6) is 0 Å². The van der Waals surface area contributed by atoms with Crippen LogP contribution in [0.25, 0.3) is 20.8 Å². The van der Waals surface area contributed by atoms with E-state index in [2.05, 4.69) is 4.98 Å². The molecule has 1 N–H and O–H groups in total. The molecule has 3 rings (SSSR count). The van der Waals surface area contributed by atoms with Crippen molar-refractivity contribution in [3.63, 3.8) is 0 Å². The molecule has 2 aromatic carbocycles. The minimum absolute atomic E-state index is 0.278. The fourth-order valence-corrected chi connectivity index (χ4v) is 3.08. The topological polar surface area (TPSA) is 42.0 Å². The lowest BCUT2D eigenvalue weighted by Crippen LogP contribution is -2.19. The summed E-state index contributed by atoms with van der Waals surface area (Å²) in [7, 11) is 0. The zero-order chi connectivity index (χ0) is 16.7. The maximum absolute atomic E-state index is 14.1. The molecule has 3 aromatic rings. The normalized spacial score (nSPS) is 11.0. The summed E-state index contributed by atoms with van der Waals surface area (Å²) in [5.74, 6) is -9.86. The van der Waals surface area contributed by atoms with Crippen LogP contribution in [0, 0.1) is 23.3 Å². The number of hydrogen-bond donors (Lipinski definition) is 1. The van der Waals surface area contributed by atoms with Crippen molar-refractivity contribution >= 4 is 27.5 Å². The Morgan fingerprint density at radius 2 is 1.65 bits per heavy atom. The highest BCUT2D eigenvalue weighted by Crippen LogP contribution is 2.37. The third-order valence-electron chi connectivity index (χ3n) is 3.09. The van der Waals surface area contributed by atoms with Crippen molar-refractivity contribution < 1.29 is 26.8 Å². The third-order valence-corrected chi connectivity index (χ3v) is 4.14. The average Bonchev–Trinajstić information content (AvgIpc) is 2.98. The highest BCUT2D eigenvalue weighted by atomic mass is 32.1. The van der Waals surface area contributed by atoms with Crippen molar-refractivity contribution in [2.24, 2.45) is 0 Å². The maximum atomic E-state index is 14.1. The highest BCUT2D eigenvalue weighted by molar-refractivity contribution is 7.21. The van der Waals surface area contributed by atoms with Gasteiger partial charge in [0.15, 0.2) is 23.3 Å². The van der Waals surface area contributed by atoms with E-state index in [1.54, 1.807) is 24.3 Å². The van der Waals surface area contributed by atoms with E-state index < -0.39 is 40.3 Å². The van der Waals surface area contributed by atoms with E-state index in [9.17, 15) is 26.8 Å².